The zero-order valence-corrected chi connectivity index (χ0v) is 16.3. The number of carbonyl (C=O) groups excluding carboxylic acids is 2. The van der Waals surface area contributed by atoms with Crippen LogP contribution in [0.4, 0.5) is 5.69 Å². The van der Waals surface area contributed by atoms with Crippen LogP contribution in [0.5, 0.6) is 0 Å². The lowest BCUT2D eigenvalue weighted by molar-refractivity contribution is -0.139. The van der Waals surface area contributed by atoms with Gasteiger partial charge >= 0.3 is 0 Å². The Morgan fingerprint density at radius 2 is 1.85 bits per heavy atom. The van der Waals surface area contributed by atoms with Crippen molar-refractivity contribution in [3.8, 4) is 0 Å². The number of nitrogens with zero attached hydrogens (tertiary/aromatic N) is 2. The van der Waals surface area contributed by atoms with E-state index in [1.165, 1.54) is 19.3 Å². The number of hydrogen-bond acceptors (Lipinski definition) is 3. The molecule has 0 radical (unpaired) electrons. The average molecular weight is 370 g/mol. The van der Waals surface area contributed by atoms with E-state index in [0.29, 0.717) is 18.4 Å². The zero-order chi connectivity index (χ0) is 18.8. The molecule has 2 bridgehead atoms. The Morgan fingerprint density at radius 3 is 2.52 bits per heavy atom. The second kappa shape index (κ2) is 8.01. The molecule has 2 amide bonds. The van der Waals surface area contributed by atoms with Crippen molar-refractivity contribution in [2.75, 3.05) is 38.0 Å². The molecule has 5 heteroatoms. The predicted octanol–water partition coefficient (Wildman–Crippen LogP) is 2.77. The van der Waals surface area contributed by atoms with Crippen molar-refractivity contribution in [2.24, 2.45) is 17.8 Å². The van der Waals surface area contributed by atoms with E-state index in [4.69, 9.17) is 0 Å². The Kier molecular flexibility index (Phi) is 5.48. The van der Waals surface area contributed by atoms with Crippen LogP contribution in [0.3, 0.4) is 0 Å². The quantitative estimate of drug-likeness (QED) is 0.868. The number of benzene rings is 1. The van der Waals surface area contributed by atoms with E-state index in [2.05, 4.69) is 23.2 Å². The molecule has 2 aliphatic carbocycles. The number of carbonyl (C=O) groups is 2. The van der Waals surface area contributed by atoms with Crippen molar-refractivity contribution in [3.63, 3.8) is 0 Å². The van der Waals surface area contributed by atoms with Gasteiger partial charge in [-0.15, -0.1) is 0 Å². The summed E-state index contributed by atoms with van der Waals surface area (Å²) in [6.07, 6.45) is 5.87. The van der Waals surface area contributed by atoms with Gasteiger partial charge in [-0.05, 0) is 49.1 Å². The summed E-state index contributed by atoms with van der Waals surface area (Å²) in [6, 6.07) is 7.97. The summed E-state index contributed by atoms with van der Waals surface area (Å²) in [7, 11) is 0. The maximum absolute atomic E-state index is 12.9. The minimum absolute atomic E-state index is 0.0313. The van der Waals surface area contributed by atoms with E-state index in [9.17, 15) is 9.59 Å². The minimum atomic E-state index is 0.0313. The first-order chi connectivity index (χ1) is 13.1. The molecule has 1 aromatic rings. The van der Waals surface area contributed by atoms with E-state index in [1.54, 1.807) is 0 Å². The fraction of sp³-hybridized carbons (Fsp3) is 0.636. The molecule has 3 atom stereocenters. The molecule has 3 unspecified atom stereocenters. The van der Waals surface area contributed by atoms with Gasteiger partial charge in [-0.3, -0.25) is 14.5 Å². The second-order valence-electron chi connectivity index (χ2n) is 8.44. The molecule has 1 N–H and O–H groups in total. The normalized spacial score (nSPS) is 27.7. The fourth-order valence-electron chi connectivity index (χ4n) is 5.25. The van der Waals surface area contributed by atoms with Gasteiger partial charge in [0.2, 0.25) is 11.8 Å². The summed E-state index contributed by atoms with van der Waals surface area (Å²) in [5, 5.41) is 3.04. The highest BCUT2D eigenvalue weighted by Crippen LogP contribution is 2.48. The summed E-state index contributed by atoms with van der Waals surface area (Å²) >= 11 is 0. The first-order valence-electron chi connectivity index (χ1n) is 10.5. The van der Waals surface area contributed by atoms with Crippen LogP contribution < -0.4 is 5.32 Å². The zero-order valence-electron chi connectivity index (χ0n) is 16.3. The molecule has 1 heterocycles. The molecular formula is C22H31N3O2. The van der Waals surface area contributed by atoms with Crippen molar-refractivity contribution in [1.29, 1.82) is 0 Å². The molecule has 1 saturated heterocycles. The van der Waals surface area contributed by atoms with Crippen LogP contribution in [0.15, 0.2) is 24.3 Å². The molecule has 3 fully saturated rings. The Hall–Kier alpha value is -1.88. The SMILES string of the molecule is CCc1ccccc1NC(=O)CN1CCN(C(=O)C2CC3CCC2C3)CC1. The summed E-state index contributed by atoms with van der Waals surface area (Å²) in [5.41, 5.74) is 2.07. The van der Waals surface area contributed by atoms with E-state index < -0.39 is 0 Å². The Balaban J connectivity index is 1.24. The van der Waals surface area contributed by atoms with Crippen LogP contribution in [-0.2, 0) is 16.0 Å². The largest absolute Gasteiger partial charge is 0.340 e. The van der Waals surface area contributed by atoms with Crippen molar-refractivity contribution in [1.82, 2.24) is 9.80 Å². The Bertz CT molecular complexity index is 697. The monoisotopic (exact) mass is 369 g/mol. The van der Waals surface area contributed by atoms with Crippen molar-refractivity contribution in [3.05, 3.63) is 29.8 Å². The molecule has 2 saturated carbocycles. The highest BCUT2D eigenvalue weighted by atomic mass is 16.2. The molecule has 146 valence electrons. The van der Waals surface area contributed by atoms with Gasteiger partial charge in [0.25, 0.3) is 0 Å². The number of aryl methyl sites for hydroxylation is 1. The number of fused-ring (bicyclic) bond motifs is 2. The van der Waals surface area contributed by atoms with E-state index in [1.807, 2.05) is 23.1 Å². The van der Waals surface area contributed by atoms with Gasteiger partial charge in [-0.2, -0.15) is 0 Å². The Labute approximate surface area is 162 Å². The third kappa shape index (κ3) is 4.03. The topological polar surface area (TPSA) is 52.7 Å². The van der Waals surface area contributed by atoms with Crippen molar-refractivity contribution in [2.45, 2.75) is 39.0 Å². The number of amides is 2. The number of para-hydroxylation sites is 1. The molecule has 5 nitrogen and oxygen atoms in total. The lowest BCUT2D eigenvalue weighted by Crippen LogP contribution is -2.52. The van der Waals surface area contributed by atoms with Crippen molar-refractivity contribution >= 4 is 17.5 Å². The molecule has 3 aliphatic rings. The number of hydrogen-bond donors (Lipinski definition) is 1. The van der Waals surface area contributed by atoms with Crippen LogP contribution in [0.2, 0.25) is 0 Å². The molecule has 1 aromatic carbocycles. The van der Waals surface area contributed by atoms with Crippen LogP contribution in [0.25, 0.3) is 0 Å². The van der Waals surface area contributed by atoms with Gasteiger partial charge in [0, 0.05) is 37.8 Å². The van der Waals surface area contributed by atoms with Gasteiger partial charge in [-0.25, -0.2) is 0 Å². The smallest absolute Gasteiger partial charge is 0.238 e. The third-order valence-electron chi connectivity index (χ3n) is 6.78. The maximum Gasteiger partial charge on any atom is 0.238 e. The van der Waals surface area contributed by atoms with Crippen molar-refractivity contribution < 1.29 is 9.59 Å². The number of rotatable bonds is 5. The second-order valence-corrected chi connectivity index (χ2v) is 8.44. The summed E-state index contributed by atoms with van der Waals surface area (Å²) < 4.78 is 0. The van der Waals surface area contributed by atoms with Gasteiger partial charge in [-0.1, -0.05) is 31.5 Å². The summed E-state index contributed by atoms with van der Waals surface area (Å²) in [6.45, 7) is 5.58. The standard InChI is InChI=1S/C22H31N3O2/c1-2-17-5-3-4-6-20(17)23-21(26)15-24-9-11-25(12-10-24)22(27)19-14-16-7-8-18(19)13-16/h3-6,16,18-19H,2,7-15H2,1H3,(H,23,26). The van der Waals surface area contributed by atoms with Crippen LogP contribution >= 0.6 is 0 Å². The fourth-order valence-corrected chi connectivity index (χ4v) is 5.25. The van der Waals surface area contributed by atoms with Gasteiger partial charge in [0.15, 0.2) is 0 Å². The Morgan fingerprint density at radius 1 is 1.07 bits per heavy atom. The summed E-state index contributed by atoms with van der Waals surface area (Å²) in [4.78, 5) is 29.5. The van der Waals surface area contributed by atoms with Gasteiger partial charge < -0.3 is 10.2 Å². The van der Waals surface area contributed by atoms with E-state index in [0.717, 1.165) is 56.2 Å². The maximum atomic E-state index is 12.9. The van der Waals surface area contributed by atoms with E-state index >= 15 is 0 Å². The first-order valence-corrected chi connectivity index (χ1v) is 10.5. The van der Waals surface area contributed by atoms with Crippen LogP contribution in [0.1, 0.15) is 38.2 Å². The van der Waals surface area contributed by atoms with Crippen LogP contribution in [-0.4, -0.2) is 54.3 Å². The molecular weight excluding hydrogens is 338 g/mol. The summed E-state index contributed by atoms with van der Waals surface area (Å²) in [5.74, 6) is 2.14. The molecule has 1 aliphatic heterocycles. The lowest BCUT2D eigenvalue weighted by Gasteiger charge is -2.37. The predicted molar refractivity (Wildman–Crippen MR) is 106 cm³/mol. The minimum Gasteiger partial charge on any atom is -0.340 e. The third-order valence-corrected chi connectivity index (χ3v) is 6.78. The molecule has 4 rings (SSSR count). The highest BCUT2D eigenvalue weighted by Gasteiger charge is 2.44. The number of piperazine rings is 1. The number of nitrogens with one attached hydrogen (secondary N) is 1. The van der Waals surface area contributed by atoms with Gasteiger partial charge in [0.1, 0.15) is 0 Å². The molecule has 27 heavy (non-hydrogen) atoms. The van der Waals surface area contributed by atoms with Crippen LogP contribution in [0, 0.1) is 17.8 Å². The van der Waals surface area contributed by atoms with Gasteiger partial charge in [0.05, 0.1) is 6.54 Å². The molecule has 0 aromatic heterocycles. The number of anilines is 1. The highest BCUT2D eigenvalue weighted by molar-refractivity contribution is 5.93. The average Bonchev–Trinajstić information content (AvgIpc) is 3.32. The molecule has 0 spiro atoms. The first kappa shape index (κ1) is 18.5. The lowest BCUT2D eigenvalue weighted by atomic mass is 9.87. The van der Waals surface area contributed by atoms with E-state index in [-0.39, 0.29) is 11.8 Å².